The van der Waals surface area contributed by atoms with Gasteiger partial charge in [0.1, 0.15) is 5.69 Å². The third-order valence-corrected chi connectivity index (χ3v) is 4.06. The van der Waals surface area contributed by atoms with Crippen LogP contribution in [-0.4, -0.2) is 41.5 Å². The molecule has 0 bridgehead atoms. The predicted octanol–water partition coefficient (Wildman–Crippen LogP) is 2.31. The van der Waals surface area contributed by atoms with Crippen LogP contribution in [-0.2, 0) is 6.18 Å². The molecule has 0 saturated carbocycles. The topological polar surface area (TPSA) is 45.2 Å². The molecule has 2 rings (SSSR count). The second-order valence-electron chi connectivity index (χ2n) is 5.53. The summed E-state index contributed by atoms with van der Waals surface area (Å²) in [7, 11) is 1.89. The largest absolute Gasteiger partial charge is 0.433 e. The number of carbonyl (C=O) groups is 1. The normalized spacial score (nSPS) is 18.6. The molecular formula is C14H18F3N3O. The van der Waals surface area contributed by atoms with Crippen molar-refractivity contribution < 1.29 is 18.0 Å². The van der Waals surface area contributed by atoms with E-state index in [1.54, 1.807) is 4.90 Å². The number of hydrogen-bond donors (Lipinski definition) is 1. The minimum Gasteiger partial charge on any atom is -0.338 e. The molecule has 1 aliphatic heterocycles. The summed E-state index contributed by atoms with van der Waals surface area (Å²) in [5, 5.41) is 3.23. The number of piperidine rings is 1. The quantitative estimate of drug-likeness (QED) is 0.912. The van der Waals surface area contributed by atoms with Gasteiger partial charge in [-0.25, -0.2) is 0 Å². The lowest BCUT2D eigenvalue weighted by Gasteiger charge is -2.39. The Hall–Kier alpha value is -1.63. The van der Waals surface area contributed by atoms with Gasteiger partial charge in [0.2, 0.25) is 0 Å². The van der Waals surface area contributed by atoms with Gasteiger partial charge in [0, 0.05) is 24.8 Å². The fourth-order valence-electron chi connectivity index (χ4n) is 2.32. The van der Waals surface area contributed by atoms with Crippen LogP contribution in [0.4, 0.5) is 13.2 Å². The van der Waals surface area contributed by atoms with E-state index in [1.807, 2.05) is 7.05 Å². The molecule has 2 heterocycles. The minimum absolute atomic E-state index is 0.00910. The molecule has 4 nitrogen and oxygen atoms in total. The molecule has 1 amide bonds. The molecule has 7 heteroatoms. The van der Waals surface area contributed by atoms with Crippen molar-refractivity contribution in [1.29, 1.82) is 0 Å². The summed E-state index contributed by atoms with van der Waals surface area (Å²) in [5.41, 5.74) is -0.786. The zero-order valence-corrected chi connectivity index (χ0v) is 12.0. The maximum Gasteiger partial charge on any atom is 0.433 e. The van der Waals surface area contributed by atoms with E-state index in [-0.39, 0.29) is 17.0 Å². The van der Waals surface area contributed by atoms with Crippen LogP contribution in [0.3, 0.4) is 0 Å². The highest BCUT2D eigenvalue weighted by Crippen LogP contribution is 2.27. The van der Waals surface area contributed by atoms with Gasteiger partial charge in [0.25, 0.3) is 5.91 Å². The lowest BCUT2D eigenvalue weighted by Crippen LogP contribution is -2.51. The molecule has 1 aromatic rings. The molecule has 21 heavy (non-hydrogen) atoms. The fourth-order valence-corrected chi connectivity index (χ4v) is 2.32. The zero-order chi connectivity index (χ0) is 15.7. The molecule has 0 radical (unpaired) electrons. The average molecular weight is 301 g/mol. The number of nitrogens with one attached hydrogen (secondary N) is 1. The summed E-state index contributed by atoms with van der Waals surface area (Å²) in [4.78, 5) is 17.2. The molecule has 1 saturated heterocycles. The van der Waals surface area contributed by atoms with Crippen molar-refractivity contribution in [2.75, 3.05) is 20.1 Å². The molecule has 116 valence electrons. The number of aromatic nitrogens is 1. The third kappa shape index (κ3) is 3.53. The van der Waals surface area contributed by atoms with Crippen molar-refractivity contribution in [2.45, 2.75) is 31.5 Å². The summed E-state index contributed by atoms with van der Waals surface area (Å²) in [6, 6.07) is 2.03. The number of halogens is 3. The monoisotopic (exact) mass is 301 g/mol. The van der Waals surface area contributed by atoms with E-state index < -0.39 is 11.9 Å². The molecule has 0 aromatic carbocycles. The molecule has 0 atom stereocenters. The Kier molecular flexibility index (Phi) is 4.22. The molecule has 1 aromatic heterocycles. The highest BCUT2D eigenvalue weighted by molar-refractivity contribution is 5.94. The van der Waals surface area contributed by atoms with Crippen LogP contribution < -0.4 is 5.32 Å². The number of likely N-dealkylation sites (tertiary alicyclic amines) is 1. The predicted molar refractivity (Wildman–Crippen MR) is 71.8 cm³/mol. The molecule has 1 fully saturated rings. The van der Waals surface area contributed by atoms with Gasteiger partial charge in [-0.1, -0.05) is 0 Å². The first-order chi connectivity index (χ1) is 9.75. The van der Waals surface area contributed by atoms with Crippen molar-refractivity contribution in [3.05, 3.63) is 29.6 Å². The van der Waals surface area contributed by atoms with Crippen molar-refractivity contribution in [3.63, 3.8) is 0 Å². The standard InChI is InChI=1S/C14H18F3N3O/c1-13(18-2)5-7-20(8-6-13)12(21)10-3-4-11(19-9-10)14(15,16)17/h3-4,9,18H,5-8H2,1-2H3. The van der Waals surface area contributed by atoms with Gasteiger partial charge in [-0.05, 0) is 38.9 Å². The van der Waals surface area contributed by atoms with E-state index in [0.717, 1.165) is 25.1 Å². The van der Waals surface area contributed by atoms with Crippen molar-refractivity contribution >= 4 is 5.91 Å². The summed E-state index contributed by atoms with van der Waals surface area (Å²) in [6.45, 7) is 3.25. The van der Waals surface area contributed by atoms with Gasteiger partial charge in [-0.2, -0.15) is 13.2 Å². The number of alkyl halides is 3. The Morgan fingerprint density at radius 2 is 1.95 bits per heavy atom. The summed E-state index contributed by atoms with van der Waals surface area (Å²) in [6.07, 6.45) is -1.87. The Morgan fingerprint density at radius 3 is 2.38 bits per heavy atom. The molecule has 1 aliphatic rings. The number of hydrogen-bond acceptors (Lipinski definition) is 3. The summed E-state index contributed by atoms with van der Waals surface area (Å²) in [5.74, 6) is -0.269. The van der Waals surface area contributed by atoms with E-state index in [1.165, 1.54) is 6.07 Å². The number of rotatable bonds is 2. The van der Waals surface area contributed by atoms with E-state index in [9.17, 15) is 18.0 Å². The van der Waals surface area contributed by atoms with Gasteiger partial charge < -0.3 is 10.2 Å². The molecular weight excluding hydrogens is 283 g/mol. The lowest BCUT2D eigenvalue weighted by atomic mass is 9.89. The van der Waals surface area contributed by atoms with Crippen molar-refractivity contribution in [2.24, 2.45) is 0 Å². The maximum absolute atomic E-state index is 12.4. The molecule has 0 unspecified atom stereocenters. The fraction of sp³-hybridized carbons (Fsp3) is 0.571. The van der Waals surface area contributed by atoms with Crippen LogP contribution in [0.25, 0.3) is 0 Å². The SMILES string of the molecule is CNC1(C)CCN(C(=O)c2ccc(C(F)(F)F)nc2)CC1. The highest BCUT2D eigenvalue weighted by atomic mass is 19.4. The van der Waals surface area contributed by atoms with Crippen molar-refractivity contribution in [3.8, 4) is 0 Å². The number of nitrogens with zero attached hydrogens (tertiary/aromatic N) is 2. The first kappa shape index (κ1) is 15.8. The van der Waals surface area contributed by atoms with Crippen LogP contribution in [0.1, 0.15) is 35.8 Å². The molecule has 0 aliphatic carbocycles. The Bertz CT molecular complexity index is 505. The Labute approximate surface area is 121 Å². The van der Waals surface area contributed by atoms with Crippen LogP contribution in [0.2, 0.25) is 0 Å². The van der Waals surface area contributed by atoms with Crippen LogP contribution in [0, 0.1) is 0 Å². The van der Waals surface area contributed by atoms with Crippen molar-refractivity contribution in [1.82, 2.24) is 15.2 Å². The molecule has 1 N–H and O–H groups in total. The first-order valence-corrected chi connectivity index (χ1v) is 6.77. The van der Waals surface area contributed by atoms with Crippen LogP contribution >= 0.6 is 0 Å². The lowest BCUT2D eigenvalue weighted by molar-refractivity contribution is -0.141. The average Bonchev–Trinajstić information content (AvgIpc) is 2.47. The van der Waals surface area contributed by atoms with E-state index >= 15 is 0 Å². The first-order valence-electron chi connectivity index (χ1n) is 6.77. The van der Waals surface area contributed by atoms with Gasteiger partial charge >= 0.3 is 6.18 Å². The number of amides is 1. The summed E-state index contributed by atoms with van der Waals surface area (Å²) >= 11 is 0. The smallest absolute Gasteiger partial charge is 0.338 e. The Balaban J connectivity index is 2.04. The second-order valence-corrected chi connectivity index (χ2v) is 5.53. The molecule has 0 spiro atoms. The van der Waals surface area contributed by atoms with Gasteiger partial charge in [0.05, 0.1) is 5.56 Å². The van der Waals surface area contributed by atoms with Gasteiger partial charge in [-0.3, -0.25) is 9.78 Å². The summed E-state index contributed by atoms with van der Waals surface area (Å²) < 4.78 is 37.3. The van der Waals surface area contributed by atoms with Gasteiger partial charge in [-0.15, -0.1) is 0 Å². The van der Waals surface area contributed by atoms with E-state index in [2.05, 4.69) is 17.2 Å². The van der Waals surface area contributed by atoms with E-state index in [0.29, 0.717) is 13.1 Å². The van der Waals surface area contributed by atoms with Crippen LogP contribution in [0.15, 0.2) is 18.3 Å². The highest BCUT2D eigenvalue weighted by Gasteiger charge is 2.33. The maximum atomic E-state index is 12.4. The minimum atomic E-state index is -4.48. The Morgan fingerprint density at radius 1 is 1.33 bits per heavy atom. The van der Waals surface area contributed by atoms with Gasteiger partial charge in [0.15, 0.2) is 0 Å². The number of pyridine rings is 1. The number of carbonyl (C=O) groups excluding carboxylic acids is 1. The van der Waals surface area contributed by atoms with Crippen LogP contribution in [0.5, 0.6) is 0 Å². The second kappa shape index (κ2) is 5.63. The zero-order valence-electron chi connectivity index (χ0n) is 12.0. The third-order valence-electron chi connectivity index (χ3n) is 4.06. The van der Waals surface area contributed by atoms with E-state index in [4.69, 9.17) is 0 Å².